The van der Waals surface area contributed by atoms with E-state index in [1.165, 1.54) is 6.07 Å². The summed E-state index contributed by atoms with van der Waals surface area (Å²) in [6.07, 6.45) is 0. The van der Waals surface area contributed by atoms with Crippen LogP contribution in [0.4, 0.5) is 4.39 Å². The average Bonchev–Trinajstić information content (AvgIpc) is 3.17. The predicted molar refractivity (Wildman–Crippen MR) is 98.7 cm³/mol. The zero-order valence-electron chi connectivity index (χ0n) is 15.1. The van der Waals surface area contributed by atoms with Crippen LogP contribution in [0, 0.1) is 5.82 Å². The minimum Gasteiger partial charge on any atom is -0.497 e. The number of benzene rings is 2. The van der Waals surface area contributed by atoms with Crippen molar-refractivity contribution >= 4 is 0 Å². The molecule has 6 nitrogen and oxygen atoms in total. The largest absolute Gasteiger partial charge is 0.497 e. The van der Waals surface area contributed by atoms with Crippen LogP contribution in [0.1, 0.15) is 17.5 Å². The average molecular weight is 368 g/mol. The Bertz CT molecular complexity index is 897. The molecule has 0 saturated carbocycles. The van der Waals surface area contributed by atoms with Crippen molar-refractivity contribution in [2.24, 2.45) is 0 Å². The van der Waals surface area contributed by atoms with Crippen LogP contribution in [0.5, 0.6) is 5.75 Å². The number of halogens is 1. The second-order valence-corrected chi connectivity index (χ2v) is 6.49. The van der Waals surface area contributed by atoms with E-state index in [0.717, 1.165) is 36.5 Å². The van der Waals surface area contributed by atoms with Gasteiger partial charge in [-0.2, -0.15) is 4.98 Å². The summed E-state index contributed by atoms with van der Waals surface area (Å²) in [7, 11) is 1.63. The third-order valence-electron chi connectivity index (χ3n) is 4.74. The molecule has 0 amide bonds. The van der Waals surface area contributed by atoms with Gasteiger partial charge < -0.3 is 14.6 Å². The number of hydrogen-bond donors (Lipinski definition) is 1. The normalized spacial score (nSPS) is 17.8. The summed E-state index contributed by atoms with van der Waals surface area (Å²) < 4.78 is 24.3. The fourth-order valence-corrected chi connectivity index (χ4v) is 3.33. The van der Waals surface area contributed by atoms with Crippen LogP contribution in [0.2, 0.25) is 0 Å². The summed E-state index contributed by atoms with van der Waals surface area (Å²) in [6.45, 7) is 2.96. The molecule has 2 heterocycles. The Kier molecular flexibility index (Phi) is 5.13. The second-order valence-electron chi connectivity index (χ2n) is 6.49. The van der Waals surface area contributed by atoms with Crippen LogP contribution >= 0.6 is 0 Å². The summed E-state index contributed by atoms with van der Waals surface area (Å²) >= 11 is 0. The van der Waals surface area contributed by atoms with Gasteiger partial charge >= 0.3 is 0 Å². The van der Waals surface area contributed by atoms with E-state index in [4.69, 9.17) is 9.26 Å². The van der Waals surface area contributed by atoms with E-state index in [9.17, 15) is 4.39 Å². The van der Waals surface area contributed by atoms with E-state index in [0.29, 0.717) is 18.3 Å². The Hall–Kier alpha value is -2.77. The van der Waals surface area contributed by atoms with Gasteiger partial charge in [0.1, 0.15) is 11.6 Å². The summed E-state index contributed by atoms with van der Waals surface area (Å²) in [5, 5.41) is 7.46. The molecule has 140 valence electrons. The van der Waals surface area contributed by atoms with Crippen molar-refractivity contribution in [2.45, 2.75) is 12.6 Å². The SMILES string of the molecule is COc1ccc(-c2noc(CN3CCNCC3c3cccc(F)c3)n2)cc1. The molecular weight excluding hydrogens is 347 g/mol. The molecule has 0 spiro atoms. The molecule has 3 aromatic rings. The molecule has 0 aliphatic carbocycles. The number of nitrogens with one attached hydrogen (secondary N) is 1. The van der Waals surface area contributed by atoms with E-state index in [1.54, 1.807) is 19.2 Å². The first-order valence-electron chi connectivity index (χ1n) is 8.90. The topological polar surface area (TPSA) is 63.4 Å². The highest BCUT2D eigenvalue weighted by Gasteiger charge is 2.26. The van der Waals surface area contributed by atoms with Crippen molar-refractivity contribution in [2.75, 3.05) is 26.7 Å². The third kappa shape index (κ3) is 3.99. The highest BCUT2D eigenvalue weighted by molar-refractivity contribution is 5.55. The van der Waals surface area contributed by atoms with E-state index >= 15 is 0 Å². The fraction of sp³-hybridized carbons (Fsp3) is 0.300. The maximum atomic E-state index is 13.6. The molecule has 1 unspecified atom stereocenters. The first-order valence-corrected chi connectivity index (χ1v) is 8.90. The standard InChI is InChI=1S/C20H21FN4O2/c1-26-17-7-5-14(6-8-17)20-23-19(27-24-20)13-25-10-9-22-12-18(25)15-3-2-4-16(21)11-15/h2-8,11,18,22H,9-10,12-13H2,1H3. The number of piperazine rings is 1. The van der Waals surface area contributed by atoms with Crippen LogP contribution in [0.3, 0.4) is 0 Å². The number of methoxy groups -OCH3 is 1. The fourth-order valence-electron chi connectivity index (χ4n) is 3.33. The van der Waals surface area contributed by atoms with Crippen molar-refractivity contribution in [3.8, 4) is 17.1 Å². The number of hydrogen-bond acceptors (Lipinski definition) is 6. The van der Waals surface area contributed by atoms with Crippen LogP contribution < -0.4 is 10.1 Å². The monoisotopic (exact) mass is 368 g/mol. The van der Waals surface area contributed by atoms with Gasteiger partial charge in [0, 0.05) is 31.2 Å². The lowest BCUT2D eigenvalue weighted by atomic mass is 10.0. The van der Waals surface area contributed by atoms with Gasteiger partial charge in [-0.3, -0.25) is 4.90 Å². The number of ether oxygens (including phenoxy) is 1. The van der Waals surface area contributed by atoms with Gasteiger partial charge in [-0.25, -0.2) is 4.39 Å². The van der Waals surface area contributed by atoms with E-state index in [-0.39, 0.29) is 11.9 Å². The Labute approximate surface area is 157 Å². The third-order valence-corrected chi connectivity index (χ3v) is 4.74. The summed E-state index contributed by atoms with van der Waals surface area (Å²) in [6, 6.07) is 14.3. The molecule has 1 aliphatic heterocycles. The van der Waals surface area contributed by atoms with Crippen molar-refractivity contribution in [1.29, 1.82) is 0 Å². The molecule has 1 atom stereocenters. The lowest BCUT2D eigenvalue weighted by molar-refractivity contribution is 0.135. The summed E-state index contributed by atoms with van der Waals surface area (Å²) in [5.74, 6) is 1.65. The van der Waals surface area contributed by atoms with Gasteiger partial charge in [0.2, 0.25) is 11.7 Å². The summed E-state index contributed by atoms with van der Waals surface area (Å²) in [4.78, 5) is 6.75. The van der Waals surface area contributed by atoms with Gasteiger partial charge in [0.15, 0.2) is 0 Å². The van der Waals surface area contributed by atoms with Gasteiger partial charge in [-0.15, -0.1) is 0 Å². The molecule has 7 heteroatoms. The second kappa shape index (κ2) is 7.85. The van der Waals surface area contributed by atoms with E-state index in [2.05, 4.69) is 20.4 Å². The number of nitrogens with zero attached hydrogens (tertiary/aromatic N) is 3. The van der Waals surface area contributed by atoms with Crippen LogP contribution in [-0.2, 0) is 6.54 Å². The van der Waals surface area contributed by atoms with Gasteiger partial charge in [0.05, 0.1) is 13.7 Å². The molecule has 4 rings (SSSR count). The van der Waals surface area contributed by atoms with Gasteiger partial charge in [0.25, 0.3) is 0 Å². The molecule has 2 aromatic carbocycles. The number of rotatable bonds is 5. The van der Waals surface area contributed by atoms with Crippen molar-refractivity contribution in [1.82, 2.24) is 20.4 Å². The van der Waals surface area contributed by atoms with Crippen LogP contribution in [-0.4, -0.2) is 41.8 Å². The van der Waals surface area contributed by atoms with E-state index in [1.807, 2.05) is 30.3 Å². The molecule has 1 N–H and O–H groups in total. The lowest BCUT2D eigenvalue weighted by Gasteiger charge is -2.35. The molecule has 0 bridgehead atoms. The Morgan fingerprint density at radius 2 is 2.11 bits per heavy atom. The van der Waals surface area contributed by atoms with Crippen molar-refractivity contribution < 1.29 is 13.7 Å². The van der Waals surface area contributed by atoms with Crippen LogP contribution in [0.15, 0.2) is 53.1 Å². The Morgan fingerprint density at radius 3 is 2.89 bits per heavy atom. The van der Waals surface area contributed by atoms with Crippen LogP contribution in [0.25, 0.3) is 11.4 Å². The molecule has 27 heavy (non-hydrogen) atoms. The molecule has 0 radical (unpaired) electrons. The first-order chi connectivity index (χ1) is 13.2. The zero-order chi connectivity index (χ0) is 18.6. The maximum Gasteiger partial charge on any atom is 0.241 e. The minimum absolute atomic E-state index is 0.0609. The molecule has 1 aliphatic rings. The summed E-state index contributed by atoms with van der Waals surface area (Å²) in [5.41, 5.74) is 1.81. The highest BCUT2D eigenvalue weighted by Crippen LogP contribution is 2.25. The van der Waals surface area contributed by atoms with Gasteiger partial charge in [-0.05, 0) is 42.0 Å². The molecule has 1 saturated heterocycles. The Morgan fingerprint density at radius 1 is 1.26 bits per heavy atom. The number of aromatic nitrogens is 2. The molecule has 1 fully saturated rings. The smallest absolute Gasteiger partial charge is 0.241 e. The zero-order valence-corrected chi connectivity index (χ0v) is 15.1. The quantitative estimate of drug-likeness (QED) is 0.747. The van der Waals surface area contributed by atoms with E-state index < -0.39 is 0 Å². The van der Waals surface area contributed by atoms with Crippen molar-refractivity contribution in [3.63, 3.8) is 0 Å². The highest BCUT2D eigenvalue weighted by atomic mass is 19.1. The predicted octanol–water partition coefficient (Wildman–Crippen LogP) is 3.03. The molecular formula is C20H21FN4O2. The maximum absolute atomic E-state index is 13.6. The van der Waals surface area contributed by atoms with Gasteiger partial charge in [-0.1, -0.05) is 17.3 Å². The Balaban J connectivity index is 1.51. The molecule has 1 aromatic heterocycles. The first kappa shape index (κ1) is 17.6. The van der Waals surface area contributed by atoms with Crippen molar-refractivity contribution in [3.05, 3.63) is 65.8 Å². The lowest BCUT2D eigenvalue weighted by Crippen LogP contribution is -2.45. The minimum atomic E-state index is -0.224.